The molecular formula is C96H188N6O8. The zero-order valence-corrected chi connectivity index (χ0v) is 75.1. The van der Waals surface area contributed by atoms with Crippen LogP contribution in [0.5, 0.6) is 0 Å². The van der Waals surface area contributed by atoms with E-state index in [2.05, 4.69) is 86.5 Å². The molecule has 110 heavy (non-hydrogen) atoms. The number of amides is 4. The number of nitrogens with one attached hydrogen (secondary N) is 4. The van der Waals surface area contributed by atoms with E-state index in [0.717, 1.165) is 187 Å². The van der Waals surface area contributed by atoms with Crippen LogP contribution in [0, 0.1) is 10.8 Å². The summed E-state index contributed by atoms with van der Waals surface area (Å²) in [5, 5.41) is 13.3. The molecule has 650 valence electrons. The van der Waals surface area contributed by atoms with Gasteiger partial charge >= 0.3 is 11.9 Å². The number of hydrogen-bond donors (Lipinski definition) is 4. The normalized spacial score (nSPS) is 11.9. The average molecular weight is 1550 g/mol. The van der Waals surface area contributed by atoms with E-state index in [4.69, 9.17) is 9.47 Å². The van der Waals surface area contributed by atoms with Crippen molar-refractivity contribution in [2.45, 2.75) is 505 Å². The Morgan fingerprint density at radius 2 is 0.555 bits per heavy atom. The lowest BCUT2D eigenvalue weighted by Gasteiger charge is -2.28. The van der Waals surface area contributed by atoms with Gasteiger partial charge in [0.25, 0.3) is 0 Å². The molecular weight excluding hydrogens is 1370 g/mol. The fourth-order valence-electron chi connectivity index (χ4n) is 15.5. The fraction of sp³-hybridized carbons (Fsp3) is 0.938. The second-order valence-electron chi connectivity index (χ2n) is 35.3. The zero-order chi connectivity index (χ0) is 80.8. The van der Waals surface area contributed by atoms with Crippen LogP contribution < -0.4 is 21.3 Å². The largest absolute Gasteiger partial charge is 0.466 e. The molecule has 14 nitrogen and oxygen atoms in total. The third-order valence-electron chi connectivity index (χ3n) is 23.3. The molecule has 0 radical (unpaired) electrons. The van der Waals surface area contributed by atoms with E-state index < -0.39 is 10.8 Å². The minimum Gasteiger partial charge on any atom is -0.466 e. The first-order chi connectivity index (χ1) is 53.5. The molecule has 0 rings (SSSR count). The molecule has 0 unspecified atom stereocenters. The first-order valence-corrected chi connectivity index (χ1v) is 48.4. The summed E-state index contributed by atoms with van der Waals surface area (Å²) in [7, 11) is 0. The summed E-state index contributed by atoms with van der Waals surface area (Å²) >= 11 is 0. The number of unbranched alkanes of at least 4 members (excludes halogenated alkanes) is 46. The van der Waals surface area contributed by atoms with Crippen molar-refractivity contribution < 1.29 is 38.2 Å². The topological polar surface area (TPSA) is 175 Å². The summed E-state index contributed by atoms with van der Waals surface area (Å²) in [6.45, 7) is 29.0. The number of ether oxygens (including phenoxy) is 2. The molecule has 0 aromatic rings. The minimum absolute atomic E-state index is 0.0860. The van der Waals surface area contributed by atoms with Crippen LogP contribution in [0.25, 0.3) is 0 Å². The second-order valence-corrected chi connectivity index (χ2v) is 35.3. The summed E-state index contributed by atoms with van der Waals surface area (Å²) in [6, 6.07) is 0.571. The molecule has 0 bridgehead atoms. The lowest BCUT2D eigenvalue weighted by atomic mass is 9.85. The maximum atomic E-state index is 13.9. The molecule has 0 aliphatic rings. The van der Waals surface area contributed by atoms with Crippen molar-refractivity contribution >= 4 is 35.6 Å². The smallest absolute Gasteiger partial charge is 0.311 e. The lowest BCUT2D eigenvalue weighted by Crippen LogP contribution is -2.43. The van der Waals surface area contributed by atoms with E-state index in [9.17, 15) is 28.8 Å². The number of hydrogen-bond acceptors (Lipinski definition) is 10. The monoisotopic (exact) mass is 1550 g/mol. The van der Waals surface area contributed by atoms with E-state index in [0.29, 0.717) is 51.7 Å². The van der Waals surface area contributed by atoms with Crippen molar-refractivity contribution in [3.8, 4) is 0 Å². The zero-order valence-electron chi connectivity index (χ0n) is 75.1. The Hall–Kier alpha value is -3.26. The van der Waals surface area contributed by atoms with Gasteiger partial charge in [-0.25, -0.2) is 0 Å². The van der Waals surface area contributed by atoms with Gasteiger partial charge in [-0.1, -0.05) is 364 Å². The number of carbonyl (C=O) groups is 6. The van der Waals surface area contributed by atoms with Crippen molar-refractivity contribution in [2.75, 3.05) is 65.6 Å². The molecule has 0 aromatic heterocycles. The van der Waals surface area contributed by atoms with Gasteiger partial charge in [0.1, 0.15) is 0 Å². The standard InChI is InChI=1S/C96H188N6O8/c1-11-17-23-29-35-37-39-50-65-85-109-92(106)72-58-52-63-81-101(79-61-48-41-46-57-71-91(105)99-87(67-53-42-31-25-19-13-3)68-54-43-32-26-20-14-4)83-77-97-89(103)73-74-90(104)98-78-84-102(82-64-60-76-96(9,10)94(108)110-86-66-51-40-38-36-30-24-18-12-2)80-62-49-47-59-75-95(7,8)93(107)100-88(69-55-44-33-27-21-15-5)70-56-45-34-28-22-16-6/h87-88H,11-86H2,1-10H3,(H,97,103)(H,98,104)(H,99,105)(H,100,107). The van der Waals surface area contributed by atoms with Crippen molar-refractivity contribution in [1.82, 2.24) is 31.1 Å². The molecule has 0 fully saturated rings. The second kappa shape index (κ2) is 79.6. The molecule has 0 saturated heterocycles. The van der Waals surface area contributed by atoms with E-state index in [-0.39, 0.29) is 54.5 Å². The molecule has 4 N–H and O–H groups in total. The SMILES string of the molecule is CCCCCCCCCCCOC(=O)CCCCCN(CCCCCCCC(=O)NC(CCCCCCCC)CCCCCCCC)CCNC(=O)CCC(=O)NCCN(CCCCCCC(C)(C)C(=O)NC(CCCCCCCC)CCCCCCCC)CCCCC(C)(C)C(=O)OCCCCCCCCCCC. The predicted octanol–water partition coefficient (Wildman–Crippen LogP) is 25.8. The van der Waals surface area contributed by atoms with Gasteiger partial charge in [-0.2, -0.15) is 0 Å². The molecule has 0 saturated carbocycles. The summed E-state index contributed by atoms with van der Waals surface area (Å²) in [4.78, 5) is 84.7. The molecule has 0 aliphatic carbocycles. The van der Waals surface area contributed by atoms with Gasteiger partial charge in [0, 0.05) is 69.4 Å². The Balaban J connectivity index is 5.61. The Labute approximate surface area is 682 Å². The van der Waals surface area contributed by atoms with Crippen LogP contribution >= 0.6 is 0 Å². The molecule has 14 heteroatoms. The third kappa shape index (κ3) is 71.3. The summed E-state index contributed by atoms with van der Waals surface area (Å²) in [5.74, 6) is 0.0242. The van der Waals surface area contributed by atoms with E-state index in [1.807, 2.05) is 13.8 Å². The summed E-state index contributed by atoms with van der Waals surface area (Å²) in [6.07, 6.45) is 74.2. The highest BCUT2D eigenvalue weighted by atomic mass is 16.5. The van der Waals surface area contributed by atoms with Gasteiger partial charge < -0.3 is 40.5 Å². The van der Waals surface area contributed by atoms with Gasteiger partial charge in [0.05, 0.1) is 18.6 Å². The lowest BCUT2D eigenvalue weighted by molar-refractivity contribution is -0.154. The highest BCUT2D eigenvalue weighted by Gasteiger charge is 2.30. The maximum absolute atomic E-state index is 13.9. The van der Waals surface area contributed by atoms with Crippen LogP contribution in [0.15, 0.2) is 0 Å². The Bertz CT molecular complexity index is 2040. The van der Waals surface area contributed by atoms with Gasteiger partial charge in [-0.15, -0.1) is 0 Å². The number of carbonyl (C=O) groups excluding carboxylic acids is 6. The maximum Gasteiger partial charge on any atom is 0.311 e. The molecule has 0 aromatic carbocycles. The average Bonchev–Trinajstić information content (AvgIpc) is 0.844. The fourth-order valence-corrected chi connectivity index (χ4v) is 15.5. The number of esters is 2. The predicted molar refractivity (Wildman–Crippen MR) is 471 cm³/mol. The first kappa shape index (κ1) is 107. The van der Waals surface area contributed by atoms with Crippen LogP contribution in [0.2, 0.25) is 0 Å². The molecule has 0 heterocycles. The van der Waals surface area contributed by atoms with Crippen LogP contribution in [0.4, 0.5) is 0 Å². The minimum atomic E-state index is -0.547. The van der Waals surface area contributed by atoms with Gasteiger partial charge in [0.2, 0.25) is 23.6 Å². The number of rotatable bonds is 87. The highest BCUT2D eigenvalue weighted by molar-refractivity contribution is 5.84. The quantitative estimate of drug-likeness (QED) is 0.0339. The number of nitrogens with zero attached hydrogens (tertiary/aromatic N) is 2. The van der Waals surface area contributed by atoms with Gasteiger partial charge in [-0.3, -0.25) is 28.8 Å². The molecule has 4 amide bonds. The van der Waals surface area contributed by atoms with Crippen LogP contribution in [0.3, 0.4) is 0 Å². The van der Waals surface area contributed by atoms with Crippen LogP contribution in [0.1, 0.15) is 493 Å². The van der Waals surface area contributed by atoms with Crippen molar-refractivity contribution in [3.05, 3.63) is 0 Å². The van der Waals surface area contributed by atoms with E-state index in [1.165, 1.54) is 244 Å². The Morgan fingerprint density at radius 3 is 0.945 bits per heavy atom. The third-order valence-corrected chi connectivity index (χ3v) is 23.3. The van der Waals surface area contributed by atoms with E-state index in [1.54, 1.807) is 0 Å². The van der Waals surface area contributed by atoms with Gasteiger partial charge in [0.15, 0.2) is 0 Å². The molecule has 0 spiro atoms. The van der Waals surface area contributed by atoms with Crippen molar-refractivity contribution in [1.29, 1.82) is 0 Å². The highest BCUT2D eigenvalue weighted by Crippen LogP contribution is 2.28. The van der Waals surface area contributed by atoms with Crippen molar-refractivity contribution in [2.24, 2.45) is 10.8 Å². The van der Waals surface area contributed by atoms with E-state index >= 15 is 0 Å². The summed E-state index contributed by atoms with van der Waals surface area (Å²) in [5.41, 5.74) is -0.962. The Kier molecular flexibility index (Phi) is 77.2. The molecule has 0 atom stereocenters. The van der Waals surface area contributed by atoms with Crippen molar-refractivity contribution in [3.63, 3.8) is 0 Å². The van der Waals surface area contributed by atoms with Gasteiger partial charge in [-0.05, 0) is 130 Å². The van der Waals surface area contributed by atoms with Crippen LogP contribution in [-0.2, 0) is 38.2 Å². The summed E-state index contributed by atoms with van der Waals surface area (Å²) < 4.78 is 11.4. The van der Waals surface area contributed by atoms with Crippen LogP contribution in [-0.4, -0.2) is 123 Å². The first-order valence-electron chi connectivity index (χ1n) is 48.4. The Morgan fingerprint density at radius 1 is 0.273 bits per heavy atom. The molecule has 0 aliphatic heterocycles.